The van der Waals surface area contributed by atoms with Gasteiger partial charge in [-0.2, -0.15) is 5.10 Å². The summed E-state index contributed by atoms with van der Waals surface area (Å²) in [6.45, 7) is 7.87. The first-order valence-corrected chi connectivity index (χ1v) is 9.94. The van der Waals surface area contributed by atoms with Gasteiger partial charge in [-0.25, -0.2) is 9.67 Å². The maximum absolute atomic E-state index is 12.6. The van der Waals surface area contributed by atoms with Gasteiger partial charge in [-0.15, -0.1) is 0 Å². The van der Waals surface area contributed by atoms with Crippen molar-refractivity contribution in [2.45, 2.75) is 44.1 Å². The summed E-state index contributed by atoms with van der Waals surface area (Å²) in [5, 5.41) is 8.29. The molecule has 2 heterocycles. The quantitative estimate of drug-likeness (QED) is 0.604. The van der Waals surface area contributed by atoms with Crippen molar-refractivity contribution in [3.63, 3.8) is 0 Å². The van der Waals surface area contributed by atoms with Crippen molar-refractivity contribution in [1.82, 2.24) is 19.3 Å². The van der Waals surface area contributed by atoms with Crippen molar-refractivity contribution < 1.29 is 4.79 Å². The monoisotopic (exact) mass is 403 g/mol. The molecular weight excluding hydrogens is 382 g/mol. The Morgan fingerprint density at radius 2 is 2.00 bits per heavy atom. The van der Waals surface area contributed by atoms with Gasteiger partial charge in [-0.05, 0) is 45.4 Å². The summed E-state index contributed by atoms with van der Waals surface area (Å²) in [6, 6.07) is 7.72. The Hall–Kier alpha value is -2.25. The SMILES string of the molecule is Cc1c(Cl)cccc1-n1ccnc1SC(C)C(=O)Nc1ccnn1C(C)C. The van der Waals surface area contributed by atoms with E-state index in [1.807, 2.05) is 56.7 Å². The van der Waals surface area contributed by atoms with E-state index in [1.165, 1.54) is 11.8 Å². The second kappa shape index (κ2) is 8.19. The first-order chi connectivity index (χ1) is 12.9. The summed E-state index contributed by atoms with van der Waals surface area (Å²) in [5.74, 6) is 0.594. The van der Waals surface area contributed by atoms with Crippen LogP contribution in [0.4, 0.5) is 5.82 Å². The van der Waals surface area contributed by atoms with Crippen LogP contribution in [-0.4, -0.2) is 30.5 Å². The van der Waals surface area contributed by atoms with Crippen molar-refractivity contribution in [1.29, 1.82) is 0 Å². The topological polar surface area (TPSA) is 64.7 Å². The minimum Gasteiger partial charge on any atom is -0.310 e. The normalized spacial score (nSPS) is 12.4. The molecule has 1 unspecified atom stereocenters. The van der Waals surface area contributed by atoms with Crippen molar-refractivity contribution in [2.75, 3.05) is 5.32 Å². The van der Waals surface area contributed by atoms with Crippen molar-refractivity contribution >= 4 is 35.1 Å². The van der Waals surface area contributed by atoms with Gasteiger partial charge in [0, 0.05) is 29.5 Å². The summed E-state index contributed by atoms with van der Waals surface area (Å²) in [4.78, 5) is 17.1. The maximum Gasteiger partial charge on any atom is 0.238 e. The first kappa shape index (κ1) is 19.5. The van der Waals surface area contributed by atoms with Gasteiger partial charge in [0.25, 0.3) is 0 Å². The minimum absolute atomic E-state index is 0.0974. The first-order valence-electron chi connectivity index (χ1n) is 8.68. The number of imidazole rings is 1. The molecule has 142 valence electrons. The highest BCUT2D eigenvalue weighted by Gasteiger charge is 2.20. The van der Waals surface area contributed by atoms with Crippen LogP contribution in [0.1, 0.15) is 32.4 Å². The summed E-state index contributed by atoms with van der Waals surface area (Å²) < 4.78 is 3.74. The molecule has 1 aromatic carbocycles. The minimum atomic E-state index is -0.332. The lowest BCUT2D eigenvalue weighted by atomic mass is 10.2. The molecule has 0 radical (unpaired) electrons. The van der Waals surface area contributed by atoms with Crippen molar-refractivity contribution in [3.8, 4) is 5.69 Å². The van der Waals surface area contributed by atoms with E-state index < -0.39 is 0 Å². The number of carbonyl (C=O) groups excluding carboxylic acids is 1. The predicted octanol–water partition coefficient (Wildman–Crippen LogP) is 4.73. The number of thioether (sulfide) groups is 1. The van der Waals surface area contributed by atoms with Gasteiger partial charge in [-0.3, -0.25) is 9.36 Å². The smallest absolute Gasteiger partial charge is 0.238 e. The summed E-state index contributed by atoms with van der Waals surface area (Å²) in [6.07, 6.45) is 5.28. The zero-order valence-corrected chi connectivity index (χ0v) is 17.3. The molecule has 0 aliphatic carbocycles. The zero-order chi connectivity index (χ0) is 19.6. The second-order valence-electron chi connectivity index (χ2n) is 6.47. The van der Waals surface area contributed by atoms with E-state index in [-0.39, 0.29) is 17.2 Å². The molecule has 0 fully saturated rings. The standard InChI is InChI=1S/C19H22ClN5OS/c1-12(2)25-17(8-9-22-25)23-18(26)14(4)27-19-21-10-11-24(19)16-7-5-6-15(20)13(16)3/h5-12,14H,1-4H3,(H,23,26). The number of hydrogen-bond acceptors (Lipinski definition) is 4. The third kappa shape index (κ3) is 4.20. The highest BCUT2D eigenvalue weighted by atomic mass is 35.5. The molecule has 0 aliphatic heterocycles. The molecule has 0 saturated carbocycles. The molecule has 0 spiro atoms. The highest BCUT2D eigenvalue weighted by molar-refractivity contribution is 8.00. The molecule has 6 nitrogen and oxygen atoms in total. The Labute approximate surface area is 167 Å². The number of hydrogen-bond donors (Lipinski definition) is 1. The van der Waals surface area contributed by atoms with Gasteiger partial charge in [-0.1, -0.05) is 29.4 Å². The van der Waals surface area contributed by atoms with Gasteiger partial charge in [0.05, 0.1) is 17.1 Å². The summed E-state index contributed by atoms with van der Waals surface area (Å²) >= 11 is 7.64. The lowest BCUT2D eigenvalue weighted by Crippen LogP contribution is -2.25. The van der Waals surface area contributed by atoms with E-state index in [4.69, 9.17) is 11.6 Å². The van der Waals surface area contributed by atoms with Crippen LogP contribution >= 0.6 is 23.4 Å². The molecule has 1 amide bonds. The van der Waals surface area contributed by atoms with Crippen LogP contribution in [0.2, 0.25) is 5.02 Å². The largest absolute Gasteiger partial charge is 0.310 e. The van der Waals surface area contributed by atoms with Gasteiger partial charge in [0.1, 0.15) is 5.82 Å². The molecular formula is C19H22ClN5OS. The van der Waals surface area contributed by atoms with Crippen LogP contribution < -0.4 is 5.32 Å². The number of amides is 1. The van der Waals surface area contributed by atoms with E-state index in [9.17, 15) is 4.79 Å². The van der Waals surface area contributed by atoms with E-state index in [1.54, 1.807) is 23.1 Å². The lowest BCUT2D eigenvalue weighted by Gasteiger charge is -2.16. The number of rotatable bonds is 6. The summed E-state index contributed by atoms with van der Waals surface area (Å²) in [7, 11) is 0. The highest BCUT2D eigenvalue weighted by Crippen LogP contribution is 2.29. The van der Waals surface area contributed by atoms with E-state index in [2.05, 4.69) is 15.4 Å². The second-order valence-corrected chi connectivity index (χ2v) is 8.18. The van der Waals surface area contributed by atoms with Crippen molar-refractivity contribution in [3.05, 3.63) is 53.4 Å². The molecule has 0 aliphatic rings. The number of carbonyl (C=O) groups is 1. The lowest BCUT2D eigenvalue weighted by molar-refractivity contribution is -0.115. The predicted molar refractivity (Wildman–Crippen MR) is 110 cm³/mol. The van der Waals surface area contributed by atoms with Gasteiger partial charge in [0.15, 0.2) is 5.16 Å². The molecule has 27 heavy (non-hydrogen) atoms. The zero-order valence-electron chi connectivity index (χ0n) is 15.7. The molecule has 3 aromatic rings. The third-order valence-corrected chi connectivity index (χ3v) is 5.66. The van der Waals surface area contributed by atoms with E-state index in [0.717, 1.165) is 16.4 Å². The fraction of sp³-hybridized carbons (Fsp3) is 0.316. The van der Waals surface area contributed by atoms with Crippen LogP contribution in [0.25, 0.3) is 5.69 Å². The van der Waals surface area contributed by atoms with Crippen molar-refractivity contribution in [2.24, 2.45) is 0 Å². The maximum atomic E-state index is 12.6. The number of nitrogens with one attached hydrogen (secondary N) is 1. The van der Waals surface area contributed by atoms with Crippen LogP contribution in [0.15, 0.2) is 48.0 Å². The number of halogens is 1. The fourth-order valence-corrected chi connectivity index (χ4v) is 3.73. The van der Waals surface area contributed by atoms with Gasteiger partial charge < -0.3 is 5.32 Å². The van der Waals surface area contributed by atoms with E-state index >= 15 is 0 Å². The molecule has 0 bridgehead atoms. The van der Waals surface area contributed by atoms with Crippen LogP contribution in [0, 0.1) is 6.92 Å². The Morgan fingerprint density at radius 3 is 2.74 bits per heavy atom. The molecule has 0 saturated heterocycles. The fourth-order valence-electron chi connectivity index (χ4n) is 2.68. The molecule has 1 atom stereocenters. The molecule has 2 aromatic heterocycles. The third-order valence-electron chi connectivity index (χ3n) is 4.17. The van der Waals surface area contributed by atoms with Crippen LogP contribution in [0.3, 0.4) is 0 Å². The number of benzene rings is 1. The summed E-state index contributed by atoms with van der Waals surface area (Å²) in [5.41, 5.74) is 1.92. The van der Waals surface area contributed by atoms with Gasteiger partial charge in [0.2, 0.25) is 5.91 Å². The Bertz CT molecular complexity index is 949. The Kier molecular flexibility index (Phi) is 5.92. The van der Waals surface area contributed by atoms with Crippen LogP contribution in [-0.2, 0) is 4.79 Å². The molecule has 1 N–H and O–H groups in total. The van der Waals surface area contributed by atoms with E-state index in [0.29, 0.717) is 10.8 Å². The average molecular weight is 404 g/mol. The molecule has 8 heteroatoms. The van der Waals surface area contributed by atoms with Gasteiger partial charge >= 0.3 is 0 Å². The number of nitrogens with zero attached hydrogens (tertiary/aromatic N) is 4. The Balaban J connectivity index is 1.76. The number of aromatic nitrogens is 4. The van der Waals surface area contributed by atoms with Crippen LogP contribution in [0.5, 0.6) is 0 Å². The average Bonchev–Trinajstić information content (AvgIpc) is 3.26. The number of anilines is 1. The molecule has 3 rings (SSSR count). The Morgan fingerprint density at radius 1 is 1.22 bits per heavy atom.